The zero-order valence-corrected chi connectivity index (χ0v) is 13.7. The molecule has 1 N–H and O–H groups in total. The molecule has 0 unspecified atom stereocenters. The molecule has 0 aliphatic carbocycles. The van der Waals surface area contributed by atoms with Crippen LogP contribution in [0.3, 0.4) is 0 Å². The minimum atomic E-state index is -0.773. The number of aromatic nitrogens is 2. The lowest BCUT2D eigenvalue weighted by Crippen LogP contribution is -2.24. The number of imidazole rings is 1. The van der Waals surface area contributed by atoms with Crippen molar-refractivity contribution in [1.82, 2.24) is 14.7 Å². The SMILES string of the molecule is CCNC(=O)c1cc(F)c(-c2nc3cc(C)ccn3c2C)cc1F. The molecule has 24 heavy (non-hydrogen) atoms. The lowest BCUT2D eigenvalue weighted by atomic mass is 10.1. The average molecular weight is 329 g/mol. The molecule has 0 radical (unpaired) electrons. The quantitative estimate of drug-likeness (QED) is 0.797. The summed E-state index contributed by atoms with van der Waals surface area (Å²) in [7, 11) is 0. The van der Waals surface area contributed by atoms with Gasteiger partial charge in [0.25, 0.3) is 5.91 Å². The minimum absolute atomic E-state index is 0.0411. The predicted molar refractivity (Wildman–Crippen MR) is 88.0 cm³/mol. The van der Waals surface area contributed by atoms with Gasteiger partial charge in [0.1, 0.15) is 17.3 Å². The van der Waals surface area contributed by atoms with Crippen molar-refractivity contribution in [3.05, 3.63) is 58.9 Å². The fourth-order valence-electron chi connectivity index (χ4n) is 2.68. The summed E-state index contributed by atoms with van der Waals surface area (Å²) in [5.74, 6) is -2.09. The van der Waals surface area contributed by atoms with Gasteiger partial charge in [-0.1, -0.05) is 0 Å². The standard InChI is InChI=1S/C18H17F2N3O/c1-4-21-18(24)13-9-14(19)12(8-15(13)20)17-11(3)23-6-5-10(2)7-16(23)22-17/h5-9H,4H2,1-3H3,(H,21,24). The van der Waals surface area contributed by atoms with Gasteiger partial charge >= 0.3 is 0 Å². The summed E-state index contributed by atoms with van der Waals surface area (Å²) in [6, 6.07) is 5.74. The largest absolute Gasteiger partial charge is 0.352 e. The normalized spacial score (nSPS) is 11.0. The number of rotatable bonds is 3. The van der Waals surface area contributed by atoms with E-state index < -0.39 is 17.5 Å². The van der Waals surface area contributed by atoms with E-state index in [9.17, 15) is 13.6 Å². The van der Waals surface area contributed by atoms with Gasteiger partial charge in [0.15, 0.2) is 0 Å². The first-order valence-corrected chi connectivity index (χ1v) is 7.65. The summed E-state index contributed by atoms with van der Waals surface area (Å²) in [5.41, 5.74) is 2.48. The molecule has 124 valence electrons. The van der Waals surface area contributed by atoms with Crippen molar-refractivity contribution in [2.75, 3.05) is 6.54 Å². The van der Waals surface area contributed by atoms with Crippen molar-refractivity contribution < 1.29 is 13.6 Å². The molecule has 0 aliphatic rings. The summed E-state index contributed by atoms with van der Waals surface area (Å²) in [6.07, 6.45) is 1.84. The highest BCUT2D eigenvalue weighted by molar-refractivity contribution is 5.95. The summed E-state index contributed by atoms with van der Waals surface area (Å²) in [5, 5.41) is 2.46. The molecular weight excluding hydrogens is 312 g/mol. The molecule has 0 saturated heterocycles. The van der Waals surface area contributed by atoms with Crippen LogP contribution in [0.4, 0.5) is 8.78 Å². The Hall–Kier alpha value is -2.76. The smallest absolute Gasteiger partial charge is 0.254 e. The number of carbonyl (C=O) groups is 1. The summed E-state index contributed by atoms with van der Waals surface area (Å²) in [6.45, 7) is 5.78. The summed E-state index contributed by atoms with van der Waals surface area (Å²) in [4.78, 5) is 16.2. The highest BCUT2D eigenvalue weighted by Crippen LogP contribution is 2.28. The van der Waals surface area contributed by atoms with Crippen molar-refractivity contribution in [1.29, 1.82) is 0 Å². The van der Waals surface area contributed by atoms with E-state index in [0.717, 1.165) is 17.7 Å². The van der Waals surface area contributed by atoms with Crippen LogP contribution in [0.15, 0.2) is 30.5 Å². The topological polar surface area (TPSA) is 46.4 Å². The number of pyridine rings is 1. The third-order valence-electron chi connectivity index (χ3n) is 3.91. The van der Waals surface area contributed by atoms with E-state index in [1.165, 1.54) is 0 Å². The van der Waals surface area contributed by atoms with Gasteiger partial charge in [-0.15, -0.1) is 0 Å². The van der Waals surface area contributed by atoms with Gasteiger partial charge in [0, 0.05) is 24.0 Å². The van der Waals surface area contributed by atoms with Gasteiger partial charge in [-0.25, -0.2) is 13.8 Å². The van der Waals surface area contributed by atoms with Gasteiger partial charge in [-0.3, -0.25) is 4.79 Å². The molecule has 1 aromatic carbocycles. The third-order valence-corrected chi connectivity index (χ3v) is 3.91. The minimum Gasteiger partial charge on any atom is -0.352 e. The van der Waals surface area contributed by atoms with Crippen LogP contribution in [-0.2, 0) is 0 Å². The third kappa shape index (κ3) is 2.64. The molecule has 0 aliphatic heterocycles. The van der Waals surface area contributed by atoms with E-state index in [2.05, 4.69) is 10.3 Å². The maximum Gasteiger partial charge on any atom is 0.254 e. The first-order valence-electron chi connectivity index (χ1n) is 7.65. The van der Waals surface area contributed by atoms with E-state index in [1.807, 2.05) is 29.7 Å². The van der Waals surface area contributed by atoms with E-state index in [4.69, 9.17) is 0 Å². The Morgan fingerprint density at radius 3 is 2.67 bits per heavy atom. The fourth-order valence-corrected chi connectivity index (χ4v) is 2.68. The molecule has 3 rings (SSSR count). The number of nitrogens with one attached hydrogen (secondary N) is 1. The van der Waals surface area contributed by atoms with E-state index in [1.54, 1.807) is 13.8 Å². The average Bonchev–Trinajstić information content (AvgIpc) is 2.85. The molecule has 1 amide bonds. The highest BCUT2D eigenvalue weighted by Gasteiger charge is 2.20. The number of halogens is 2. The number of hydrogen-bond acceptors (Lipinski definition) is 2. The molecule has 0 saturated carbocycles. The number of carbonyl (C=O) groups excluding carboxylic acids is 1. The molecule has 0 bridgehead atoms. The Morgan fingerprint density at radius 2 is 1.96 bits per heavy atom. The van der Waals surface area contributed by atoms with Gasteiger partial charge < -0.3 is 9.72 Å². The second kappa shape index (κ2) is 6.03. The zero-order valence-electron chi connectivity index (χ0n) is 13.7. The summed E-state index contributed by atoms with van der Waals surface area (Å²) >= 11 is 0. The number of aryl methyl sites for hydroxylation is 2. The van der Waals surface area contributed by atoms with Crippen LogP contribution in [0.25, 0.3) is 16.9 Å². The first-order chi connectivity index (χ1) is 11.4. The molecular formula is C18H17F2N3O. The fraction of sp³-hybridized carbons (Fsp3) is 0.222. The van der Waals surface area contributed by atoms with Crippen LogP contribution >= 0.6 is 0 Å². The van der Waals surface area contributed by atoms with Gasteiger partial charge in [0.2, 0.25) is 0 Å². The molecule has 2 aromatic heterocycles. The maximum atomic E-state index is 14.5. The Kier molecular flexibility index (Phi) is 4.05. The molecule has 0 atom stereocenters. The Morgan fingerprint density at radius 1 is 1.21 bits per heavy atom. The molecule has 0 spiro atoms. The van der Waals surface area contributed by atoms with Crippen molar-refractivity contribution in [3.8, 4) is 11.3 Å². The van der Waals surface area contributed by atoms with E-state index in [0.29, 0.717) is 23.6 Å². The second-order valence-corrected chi connectivity index (χ2v) is 5.65. The van der Waals surface area contributed by atoms with Crippen LogP contribution in [0.2, 0.25) is 0 Å². The monoisotopic (exact) mass is 329 g/mol. The first kappa shape index (κ1) is 16.1. The van der Waals surface area contributed by atoms with Crippen LogP contribution in [0.1, 0.15) is 28.5 Å². The second-order valence-electron chi connectivity index (χ2n) is 5.65. The maximum absolute atomic E-state index is 14.5. The Bertz CT molecular complexity index is 947. The lowest BCUT2D eigenvalue weighted by molar-refractivity contribution is 0.0951. The van der Waals surface area contributed by atoms with Crippen LogP contribution in [0, 0.1) is 25.5 Å². The summed E-state index contributed by atoms with van der Waals surface area (Å²) < 4.78 is 30.6. The van der Waals surface area contributed by atoms with Crippen LogP contribution < -0.4 is 5.32 Å². The number of hydrogen-bond donors (Lipinski definition) is 1. The van der Waals surface area contributed by atoms with Crippen molar-refractivity contribution in [2.45, 2.75) is 20.8 Å². The number of amides is 1. The van der Waals surface area contributed by atoms with Gasteiger partial charge in [-0.2, -0.15) is 0 Å². The van der Waals surface area contributed by atoms with Crippen molar-refractivity contribution in [2.24, 2.45) is 0 Å². The van der Waals surface area contributed by atoms with Gasteiger partial charge in [0.05, 0.1) is 11.3 Å². The predicted octanol–water partition coefficient (Wildman–Crippen LogP) is 3.65. The molecule has 0 fully saturated rings. The number of fused-ring (bicyclic) bond motifs is 1. The van der Waals surface area contributed by atoms with Crippen LogP contribution in [0.5, 0.6) is 0 Å². The zero-order chi connectivity index (χ0) is 17.4. The highest BCUT2D eigenvalue weighted by atomic mass is 19.1. The van der Waals surface area contributed by atoms with Crippen LogP contribution in [-0.4, -0.2) is 21.8 Å². The van der Waals surface area contributed by atoms with E-state index in [-0.39, 0.29) is 11.1 Å². The van der Waals surface area contributed by atoms with Crippen molar-refractivity contribution in [3.63, 3.8) is 0 Å². The molecule has 4 nitrogen and oxygen atoms in total. The van der Waals surface area contributed by atoms with Crippen molar-refractivity contribution >= 4 is 11.6 Å². The molecule has 6 heteroatoms. The Balaban J connectivity index is 2.15. The lowest BCUT2D eigenvalue weighted by Gasteiger charge is -2.07. The molecule has 3 aromatic rings. The number of benzene rings is 1. The Labute approximate surface area is 138 Å². The molecule has 2 heterocycles. The number of nitrogens with zero attached hydrogens (tertiary/aromatic N) is 2. The van der Waals surface area contributed by atoms with E-state index >= 15 is 0 Å². The van der Waals surface area contributed by atoms with Gasteiger partial charge in [-0.05, 0) is 50.6 Å².